The molecule has 2 rings (SSSR count). The van der Waals surface area contributed by atoms with Crippen molar-refractivity contribution in [2.75, 3.05) is 20.8 Å². The summed E-state index contributed by atoms with van der Waals surface area (Å²) in [4.78, 5) is 11.7. The van der Waals surface area contributed by atoms with Crippen LogP contribution in [0.5, 0.6) is 17.2 Å². The van der Waals surface area contributed by atoms with E-state index in [-0.39, 0.29) is 12.5 Å². The summed E-state index contributed by atoms with van der Waals surface area (Å²) in [6.45, 7) is -0.140. The second-order valence-electron chi connectivity index (χ2n) is 4.64. The van der Waals surface area contributed by atoms with E-state index in [0.29, 0.717) is 11.5 Å². The van der Waals surface area contributed by atoms with Gasteiger partial charge in [0.15, 0.2) is 6.61 Å². The molecular weight excluding hydrogens is 376 g/mol. The molecule has 0 bridgehead atoms. The normalized spacial score (nSPS) is 10.5. The number of nitrogens with one attached hydrogen (secondary N) is 1. The molecule has 0 saturated carbocycles. The van der Waals surface area contributed by atoms with E-state index in [1.54, 1.807) is 44.6 Å². The van der Waals surface area contributed by atoms with Gasteiger partial charge >= 0.3 is 0 Å². The summed E-state index contributed by atoms with van der Waals surface area (Å²) in [5.41, 5.74) is 3.14. The van der Waals surface area contributed by atoms with Gasteiger partial charge in [0.1, 0.15) is 17.2 Å². The van der Waals surface area contributed by atoms with E-state index in [1.807, 2.05) is 12.1 Å². The first-order valence-electron chi connectivity index (χ1n) is 7.04. The fraction of sp³-hybridized carbons (Fsp3) is 0.176. The maximum Gasteiger partial charge on any atom is 0.277 e. The molecule has 0 aliphatic rings. The quantitative estimate of drug-likeness (QED) is 0.580. The zero-order valence-corrected chi connectivity index (χ0v) is 14.9. The van der Waals surface area contributed by atoms with Crippen molar-refractivity contribution in [2.45, 2.75) is 0 Å². The highest BCUT2D eigenvalue weighted by Crippen LogP contribution is 2.21. The summed E-state index contributed by atoms with van der Waals surface area (Å²) in [5, 5.41) is 3.91. The molecule has 0 heterocycles. The highest BCUT2D eigenvalue weighted by Gasteiger charge is 2.03. The Morgan fingerprint density at radius 1 is 1.12 bits per heavy atom. The number of hydrogen-bond acceptors (Lipinski definition) is 5. The first-order valence-corrected chi connectivity index (χ1v) is 7.84. The van der Waals surface area contributed by atoms with Crippen LogP contribution in [-0.4, -0.2) is 32.9 Å². The summed E-state index contributed by atoms with van der Waals surface area (Å²) < 4.78 is 16.5. The lowest BCUT2D eigenvalue weighted by atomic mass is 10.2. The number of halogens is 1. The third kappa shape index (κ3) is 5.27. The molecule has 0 atom stereocenters. The Morgan fingerprint density at radius 3 is 2.50 bits per heavy atom. The third-order valence-corrected chi connectivity index (χ3v) is 3.51. The number of benzene rings is 2. The molecule has 7 heteroatoms. The maximum absolute atomic E-state index is 11.7. The van der Waals surface area contributed by atoms with Gasteiger partial charge < -0.3 is 14.2 Å². The van der Waals surface area contributed by atoms with Crippen LogP contribution in [0.1, 0.15) is 5.56 Å². The molecule has 1 N–H and O–H groups in total. The van der Waals surface area contributed by atoms with Crippen molar-refractivity contribution in [1.29, 1.82) is 0 Å². The molecule has 0 aliphatic carbocycles. The first-order chi connectivity index (χ1) is 11.6. The molecule has 0 saturated heterocycles. The van der Waals surface area contributed by atoms with Crippen LogP contribution in [0.15, 0.2) is 52.0 Å². The number of hydrazone groups is 1. The zero-order valence-electron chi connectivity index (χ0n) is 13.3. The van der Waals surface area contributed by atoms with E-state index in [9.17, 15) is 4.79 Å². The SMILES string of the molecule is COc1ccc(OCC(=O)NN=Cc2cc(Br)ccc2OC)cc1. The van der Waals surface area contributed by atoms with Crippen molar-refractivity contribution in [3.8, 4) is 17.2 Å². The van der Waals surface area contributed by atoms with Gasteiger partial charge in [0.2, 0.25) is 0 Å². The van der Waals surface area contributed by atoms with Crippen molar-refractivity contribution >= 4 is 28.1 Å². The zero-order chi connectivity index (χ0) is 17.4. The Balaban J connectivity index is 1.85. The molecule has 0 aromatic heterocycles. The van der Waals surface area contributed by atoms with E-state index < -0.39 is 0 Å². The van der Waals surface area contributed by atoms with Crippen LogP contribution in [0.2, 0.25) is 0 Å². The van der Waals surface area contributed by atoms with E-state index in [4.69, 9.17) is 14.2 Å². The van der Waals surface area contributed by atoms with Crippen molar-refractivity contribution in [1.82, 2.24) is 5.43 Å². The standard InChI is InChI=1S/C17H17BrN2O4/c1-22-14-4-6-15(7-5-14)24-11-17(21)20-19-10-12-9-13(18)3-8-16(12)23-2/h3-10H,11H2,1-2H3,(H,20,21). The molecule has 24 heavy (non-hydrogen) atoms. The van der Waals surface area contributed by atoms with Crippen molar-refractivity contribution in [3.05, 3.63) is 52.5 Å². The Bertz CT molecular complexity index is 717. The van der Waals surface area contributed by atoms with Crippen LogP contribution in [0, 0.1) is 0 Å². The number of rotatable bonds is 7. The van der Waals surface area contributed by atoms with E-state index in [2.05, 4.69) is 26.5 Å². The molecule has 2 aromatic rings. The molecule has 126 valence electrons. The minimum absolute atomic E-state index is 0.140. The van der Waals surface area contributed by atoms with E-state index in [0.717, 1.165) is 15.8 Å². The number of nitrogens with zero attached hydrogens (tertiary/aromatic N) is 1. The van der Waals surface area contributed by atoms with Gasteiger partial charge in [-0.05, 0) is 42.5 Å². The third-order valence-electron chi connectivity index (χ3n) is 3.01. The second-order valence-corrected chi connectivity index (χ2v) is 5.56. The van der Waals surface area contributed by atoms with Gasteiger partial charge in [-0.15, -0.1) is 0 Å². The van der Waals surface area contributed by atoms with E-state index >= 15 is 0 Å². The van der Waals surface area contributed by atoms with Gasteiger partial charge in [0.05, 0.1) is 20.4 Å². The summed E-state index contributed by atoms with van der Waals surface area (Å²) >= 11 is 3.37. The lowest BCUT2D eigenvalue weighted by Gasteiger charge is -2.06. The molecule has 0 aliphatic heterocycles. The minimum atomic E-state index is -0.365. The fourth-order valence-electron chi connectivity index (χ4n) is 1.83. The van der Waals surface area contributed by atoms with Crippen LogP contribution in [0.3, 0.4) is 0 Å². The fourth-order valence-corrected chi connectivity index (χ4v) is 2.21. The highest BCUT2D eigenvalue weighted by atomic mass is 79.9. The predicted octanol–water partition coefficient (Wildman–Crippen LogP) is 3.00. The van der Waals surface area contributed by atoms with Crippen molar-refractivity contribution in [3.63, 3.8) is 0 Å². The van der Waals surface area contributed by atoms with Crippen LogP contribution in [0.25, 0.3) is 0 Å². The van der Waals surface area contributed by atoms with Gasteiger partial charge in [-0.2, -0.15) is 5.10 Å². The number of carbonyl (C=O) groups excluding carboxylic acids is 1. The number of amides is 1. The monoisotopic (exact) mass is 392 g/mol. The topological polar surface area (TPSA) is 69.2 Å². The van der Waals surface area contributed by atoms with Gasteiger partial charge in [-0.1, -0.05) is 15.9 Å². The van der Waals surface area contributed by atoms with Gasteiger partial charge in [-0.25, -0.2) is 5.43 Å². The van der Waals surface area contributed by atoms with E-state index in [1.165, 1.54) is 6.21 Å². The molecule has 0 fully saturated rings. The van der Waals surface area contributed by atoms with Crippen LogP contribution >= 0.6 is 15.9 Å². The summed E-state index contributed by atoms with van der Waals surface area (Å²) in [5.74, 6) is 1.59. The smallest absolute Gasteiger partial charge is 0.277 e. The summed E-state index contributed by atoms with van der Waals surface area (Å²) in [7, 11) is 3.16. The minimum Gasteiger partial charge on any atom is -0.497 e. The molecule has 6 nitrogen and oxygen atoms in total. The average Bonchev–Trinajstić information content (AvgIpc) is 2.60. The van der Waals surface area contributed by atoms with Crippen molar-refractivity contribution < 1.29 is 19.0 Å². The first kappa shape index (κ1) is 17.8. The Kier molecular flexibility index (Phi) is 6.62. The molecule has 0 unspecified atom stereocenters. The number of ether oxygens (including phenoxy) is 3. The van der Waals surface area contributed by atoms with Crippen LogP contribution in [0.4, 0.5) is 0 Å². The molecule has 0 spiro atoms. The highest BCUT2D eigenvalue weighted by molar-refractivity contribution is 9.10. The number of carbonyl (C=O) groups is 1. The molecule has 0 radical (unpaired) electrons. The average molecular weight is 393 g/mol. The molecule has 2 aromatic carbocycles. The predicted molar refractivity (Wildman–Crippen MR) is 94.9 cm³/mol. The van der Waals surface area contributed by atoms with Gasteiger partial charge in [0, 0.05) is 10.0 Å². The lowest BCUT2D eigenvalue weighted by Crippen LogP contribution is -2.24. The largest absolute Gasteiger partial charge is 0.497 e. The number of methoxy groups -OCH3 is 2. The molecule has 1 amide bonds. The number of hydrogen-bond donors (Lipinski definition) is 1. The van der Waals surface area contributed by atoms with Crippen LogP contribution < -0.4 is 19.6 Å². The summed E-state index contributed by atoms with van der Waals surface area (Å²) in [6, 6.07) is 12.5. The Hall–Kier alpha value is -2.54. The Labute approximate surface area is 148 Å². The molecular formula is C17H17BrN2O4. The second kappa shape index (κ2) is 8.93. The summed E-state index contributed by atoms with van der Waals surface area (Å²) in [6.07, 6.45) is 1.51. The van der Waals surface area contributed by atoms with Crippen molar-refractivity contribution in [2.24, 2.45) is 5.10 Å². The Morgan fingerprint density at radius 2 is 1.83 bits per heavy atom. The van der Waals surface area contributed by atoms with Gasteiger partial charge in [0.25, 0.3) is 5.91 Å². The van der Waals surface area contributed by atoms with Gasteiger partial charge in [-0.3, -0.25) is 4.79 Å². The van der Waals surface area contributed by atoms with Crippen LogP contribution in [-0.2, 0) is 4.79 Å². The lowest BCUT2D eigenvalue weighted by molar-refractivity contribution is -0.123. The maximum atomic E-state index is 11.7.